The molecule has 12 heteroatoms. The van der Waals surface area contributed by atoms with Crippen molar-refractivity contribution in [1.29, 1.82) is 0 Å². The van der Waals surface area contributed by atoms with Crippen molar-refractivity contribution in [3.63, 3.8) is 0 Å². The van der Waals surface area contributed by atoms with Crippen LogP contribution < -0.4 is 11.1 Å². The van der Waals surface area contributed by atoms with Crippen LogP contribution in [0.1, 0.15) is 36.0 Å². The third kappa shape index (κ3) is 7.65. The molecule has 2 atom stereocenters. The van der Waals surface area contributed by atoms with E-state index >= 15 is 0 Å². The van der Waals surface area contributed by atoms with E-state index < -0.39 is 24.3 Å². The van der Waals surface area contributed by atoms with Crippen LogP contribution in [0.15, 0.2) is 16.6 Å². The Morgan fingerprint density at radius 2 is 2.16 bits per heavy atom. The smallest absolute Gasteiger partial charge is 0.240 e. The van der Waals surface area contributed by atoms with Gasteiger partial charge in [-0.2, -0.15) is 0 Å². The van der Waals surface area contributed by atoms with Crippen LogP contribution in [-0.2, 0) is 9.59 Å². The Hall–Kier alpha value is -2.41. The molecule has 1 aliphatic rings. The molecule has 0 radical (unpaired) electrons. The number of nitrogens with one attached hydrogen (secondary N) is 1. The molecule has 0 aliphatic carbocycles. The first-order valence-electron chi connectivity index (χ1n) is 10.0. The maximum Gasteiger partial charge on any atom is 0.240 e. The lowest BCUT2D eigenvalue weighted by Gasteiger charge is -2.38. The number of thiazole rings is 1. The zero-order chi connectivity index (χ0) is 23.0. The van der Waals surface area contributed by atoms with E-state index in [1.165, 1.54) is 22.4 Å². The number of hydrogen-bond donors (Lipinski definition) is 4. The highest BCUT2D eigenvalue weighted by molar-refractivity contribution is 7.11. The number of hydrogen-bond acceptors (Lipinski definition) is 9. The maximum absolute atomic E-state index is 12.8. The van der Waals surface area contributed by atoms with Gasteiger partial charge >= 0.3 is 0 Å². The number of rotatable bonds is 11. The standard InChI is InChI=1S/C19H30N6O5S/c1-12(20)21-5-3-4-13(17(29)18-22-6-9-31-18)23-15(26)11-25-8-7-24(2)14(19(25)30)10-16(27)28/h6,9,13-14,16,27-28H,3-5,7-8,10-11H2,1-2H3,(H2,20,21)(H,23,26)/t13-,14+/m0/s1. The number of amides is 2. The SMILES string of the molecule is CC(N)=NCCC[C@H](NC(=O)CN1CCN(C)[C@H](CC(O)O)C1=O)C(=O)c1nccs1. The number of aliphatic hydroxyl groups is 2. The van der Waals surface area contributed by atoms with Crippen LogP contribution >= 0.6 is 11.3 Å². The van der Waals surface area contributed by atoms with Crippen molar-refractivity contribution < 1.29 is 24.6 Å². The molecule has 1 fully saturated rings. The molecule has 0 saturated carbocycles. The zero-order valence-electron chi connectivity index (χ0n) is 17.7. The fourth-order valence-corrected chi connectivity index (χ4v) is 3.94. The number of nitrogens with two attached hydrogens (primary N) is 1. The van der Waals surface area contributed by atoms with Gasteiger partial charge < -0.3 is 26.2 Å². The lowest BCUT2D eigenvalue weighted by Crippen LogP contribution is -2.58. The summed E-state index contributed by atoms with van der Waals surface area (Å²) >= 11 is 1.20. The minimum Gasteiger partial charge on any atom is -0.388 e. The Morgan fingerprint density at radius 1 is 1.42 bits per heavy atom. The molecule has 0 spiro atoms. The molecular weight excluding hydrogens is 424 g/mol. The molecule has 11 nitrogen and oxygen atoms in total. The number of amidine groups is 1. The molecule has 1 aliphatic heterocycles. The maximum atomic E-state index is 12.8. The van der Waals surface area contributed by atoms with Gasteiger partial charge in [0.05, 0.1) is 24.5 Å². The largest absolute Gasteiger partial charge is 0.388 e. The predicted molar refractivity (Wildman–Crippen MR) is 116 cm³/mol. The lowest BCUT2D eigenvalue weighted by atomic mass is 10.1. The minimum atomic E-state index is -1.62. The normalized spacial score (nSPS) is 19.0. The van der Waals surface area contributed by atoms with Gasteiger partial charge in [-0.1, -0.05) is 0 Å². The summed E-state index contributed by atoms with van der Waals surface area (Å²) in [7, 11) is 1.72. The van der Waals surface area contributed by atoms with Crippen molar-refractivity contribution in [2.75, 3.05) is 33.2 Å². The highest BCUT2D eigenvalue weighted by Gasteiger charge is 2.35. The molecule has 2 rings (SSSR count). The molecule has 0 bridgehead atoms. The summed E-state index contributed by atoms with van der Waals surface area (Å²) in [5.41, 5.74) is 5.53. The summed E-state index contributed by atoms with van der Waals surface area (Å²) in [5.74, 6) is -0.659. The van der Waals surface area contributed by atoms with Crippen LogP contribution in [0, 0.1) is 0 Å². The van der Waals surface area contributed by atoms with Gasteiger partial charge in [0.2, 0.25) is 17.6 Å². The molecule has 1 aromatic rings. The van der Waals surface area contributed by atoms with Crippen LogP contribution in [0.2, 0.25) is 0 Å². The fourth-order valence-electron chi connectivity index (χ4n) is 3.31. The highest BCUT2D eigenvalue weighted by atomic mass is 32.1. The van der Waals surface area contributed by atoms with Gasteiger partial charge in [-0.25, -0.2) is 4.98 Å². The second-order valence-corrected chi connectivity index (χ2v) is 8.35. The van der Waals surface area contributed by atoms with Gasteiger partial charge in [0.15, 0.2) is 11.3 Å². The van der Waals surface area contributed by atoms with Gasteiger partial charge in [0.1, 0.15) is 0 Å². The molecule has 5 N–H and O–H groups in total. The van der Waals surface area contributed by atoms with Crippen LogP contribution in [0.4, 0.5) is 0 Å². The van der Waals surface area contributed by atoms with E-state index in [0.717, 1.165) is 0 Å². The molecule has 31 heavy (non-hydrogen) atoms. The fraction of sp³-hybridized carbons (Fsp3) is 0.632. The quantitative estimate of drug-likeness (QED) is 0.107. The molecule has 2 amide bonds. The molecule has 1 saturated heterocycles. The van der Waals surface area contributed by atoms with E-state index in [-0.39, 0.29) is 24.7 Å². The molecule has 2 heterocycles. The average molecular weight is 455 g/mol. The topological polar surface area (TPSA) is 161 Å². The second kappa shape index (κ2) is 11.8. The van der Waals surface area contributed by atoms with E-state index in [4.69, 9.17) is 5.73 Å². The van der Waals surface area contributed by atoms with E-state index in [0.29, 0.717) is 43.3 Å². The molecule has 172 valence electrons. The third-order valence-corrected chi connectivity index (χ3v) is 5.71. The average Bonchev–Trinajstić information content (AvgIpc) is 3.23. The number of Topliss-reactive ketones (excluding diaryl/α,β-unsaturated/α-hetero) is 1. The van der Waals surface area contributed by atoms with Gasteiger partial charge in [0, 0.05) is 37.6 Å². The van der Waals surface area contributed by atoms with Crippen molar-refractivity contribution in [3.05, 3.63) is 16.6 Å². The Labute approximate surface area is 185 Å². The van der Waals surface area contributed by atoms with E-state index in [9.17, 15) is 24.6 Å². The second-order valence-electron chi connectivity index (χ2n) is 7.46. The molecule has 0 unspecified atom stereocenters. The number of nitrogens with zero attached hydrogens (tertiary/aromatic N) is 4. The van der Waals surface area contributed by atoms with Crippen molar-refractivity contribution >= 4 is 34.8 Å². The van der Waals surface area contributed by atoms with Crippen LogP contribution in [0.5, 0.6) is 0 Å². The summed E-state index contributed by atoms with van der Waals surface area (Å²) in [5, 5.41) is 23.2. The number of aromatic nitrogens is 1. The number of aliphatic hydroxyl groups excluding tert-OH is 1. The predicted octanol–water partition coefficient (Wildman–Crippen LogP) is -1.19. The summed E-state index contributed by atoms with van der Waals surface area (Å²) in [6.45, 7) is 2.72. The van der Waals surface area contributed by atoms with Gasteiger partial charge in [-0.15, -0.1) is 11.3 Å². The number of carbonyl (C=O) groups excluding carboxylic acids is 3. The first kappa shape index (κ1) is 24.9. The Bertz CT molecular complexity index is 781. The van der Waals surface area contributed by atoms with Crippen LogP contribution in [0.3, 0.4) is 0 Å². The van der Waals surface area contributed by atoms with Crippen molar-refractivity contribution in [2.24, 2.45) is 10.7 Å². The van der Waals surface area contributed by atoms with E-state index in [1.807, 2.05) is 0 Å². The number of likely N-dealkylation sites (N-methyl/N-ethyl adjacent to an activating group) is 1. The Morgan fingerprint density at radius 3 is 2.77 bits per heavy atom. The molecule has 1 aromatic heterocycles. The Balaban J connectivity index is 2.00. The minimum absolute atomic E-state index is 0.139. The summed E-state index contributed by atoms with van der Waals surface area (Å²) < 4.78 is 0. The number of carbonyl (C=O) groups is 3. The number of ketones is 1. The molecular formula is C19H30N6O5S. The highest BCUT2D eigenvalue weighted by Crippen LogP contribution is 2.15. The first-order valence-corrected chi connectivity index (χ1v) is 10.9. The van der Waals surface area contributed by atoms with Crippen LogP contribution in [-0.4, -0.2) is 100 Å². The van der Waals surface area contributed by atoms with Gasteiger partial charge in [0.25, 0.3) is 0 Å². The van der Waals surface area contributed by atoms with Crippen molar-refractivity contribution in [3.8, 4) is 0 Å². The van der Waals surface area contributed by atoms with Gasteiger partial charge in [-0.3, -0.25) is 24.3 Å². The molecule has 0 aromatic carbocycles. The zero-order valence-corrected chi connectivity index (χ0v) is 18.5. The summed E-state index contributed by atoms with van der Waals surface area (Å²) in [6.07, 6.45) is 0.666. The Kier molecular flexibility index (Phi) is 9.49. The van der Waals surface area contributed by atoms with Gasteiger partial charge in [-0.05, 0) is 26.8 Å². The van der Waals surface area contributed by atoms with Crippen molar-refractivity contribution in [1.82, 2.24) is 20.1 Å². The lowest BCUT2D eigenvalue weighted by molar-refractivity contribution is -0.148. The number of piperazine rings is 1. The van der Waals surface area contributed by atoms with Crippen molar-refractivity contribution in [2.45, 2.75) is 44.6 Å². The monoisotopic (exact) mass is 454 g/mol. The van der Waals surface area contributed by atoms with Crippen LogP contribution in [0.25, 0.3) is 0 Å². The van der Waals surface area contributed by atoms with E-state index in [2.05, 4.69) is 15.3 Å². The first-order chi connectivity index (χ1) is 14.7. The third-order valence-electron chi connectivity index (χ3n) is 4.93. The summed E-state index contributed by atoms with van der Waals surface area (Å²) in [4.78, 5) is 49.3. The van der Waals surface area contributed by atoms with E-state index in [1.54, 1.807) is 24.3 Å². The number of aliphatic imine (C=N–C) groups is 1. The summed E-state index contributed by atoms with van der Waals surface area (Å²) in [6, 6.07) is -1.50.